The molecule has 0 unspecified atom stereocenters. The molecule has 1 heterocycles. The number of carbonyl (C=O) groups is 1. The summed E-state index contributed by atoms with van der Waals surface area (Å²) in [4.78, 5) is 13.5. The Labute approximate surface area is 93.5 Å². The van der Waals surface area contributed by atoms with Crippen molar-refractivity contribution < 1.29 is 9.32 Å². The number of hydrogen-bond donors (Lipinski definition) is 0. The molecule has 2 aromatic rings. The lowest BCUT2D eigenvalue weighted by Crippen LogP contribution is -2.25. The molecule has 0 aliphatic rings. The Balaban J connectivity index is 2.04. The topological polar surface area (TPSA) is 46.3 Å². The third-order valence-corrected chi connectivity index (χ3v) is 2.29. The lowest BCUT2D eigenvalue weighted by Gasteiger charge is -2.15. The van der Waals surface area contributed by atoms with Crippen molar-refractivity contribution >= 4 is 5.91 Å². The van der Waals surface area contributed by atoms with E-state index < -0.39 is 0 Å². The van der Waals surface area contributed by atoms with E-state index in [1.165, 1.54) is 12.5 Å². The molecule has 1 amide bonds. The molecule has 0 saturated carbocycles. The summed E-state index contributed by atoms with van der Waals surface area (Å²) in [5.41, 5.74) is 1.56. The van der Waals surface area contributed by atoms with Gasteiger partial charge in [-0.1, -0.05) is 35.5 Å². The van der Waals surface area contributed by atoms with Crippen molar-refractivity contribution in [2.45, 2.75) is 6.54 Å². The van der Waals surface area contributed by atoms with Crippen molar-refractivity contribution in [1.82, 2.24) is 10.1 Å². The van der Waals surface area contributed by atoms with Gasteiger partial charge in [0.05, 0.1) is 11.8 Å². The van der Waals surface area contributed by atoms with Gasteiger partial charge in [-0.3, -0.25) is 4.79 Å². The fourth-order valence-corrected chi connectivity index (χ4v) is 1.46. The van der Waals surface area contributed by atoms with Gasteiger partial charge in [0.25, 0.3) is 5.91 Å². The zero-order chi connectivity index (χ0) is 11.4. The summed E-state index contributed by atoms with van der Waals surface area (Å²) >= 11 is 0. The van der Waals surface area contributed by atoms with Gasteiger partial charge >= 0.3 is 0 Å². The van der Waals surface area contributed by atoms with Gasteiger partial charge in [-0.25, -0.2) is 0 Å². The van der Waals surface area contributed by atoms with E-state index in [4.69, 9.17) is 0 Å². The monoisotopic (exact) mass is 216 g/mol. The van der Waals surface area contributed by atoms with Gasteiger partial charge in [0, 0.05) is 13.6 Å². The van der Waals surface area contributed by atoms with E-state index in [0.717, 1.165) is 5.56 Å². The second-order valence-corrected chi connectivity index (χ2v) is 3.56. The summed E-state index contributed by atoms with van der Waals surface area (Å²) in [6.07, 6.45) is 2.77. The fraction of sp³-hybridized carbons (Fsp3) is 0.167. The first-order chi connectivity index (χ1) is 7.77. The minimum absolute atomic E-state index is 0.0925. The third-order valence-electron chi connectivity index (χ3n) is 2.29. The normalized spacial score (nSPS) is 10.1. The highest BCUT2D eigenvalue weighted by Crippen LogP contribution is 2.07. The largest absolute Gasteiger partial charge is 0.364 e. The van der Waals surface area contributed by atoms with E-state index in [1.54, 1.807) is 11.9 Å². The highest BCUT2D eigenvalue weighted by atomic mass is 16.5. The summed E-state index contributed by atoms with van der Waals surface area (Å²) in [7, 11) is 1.75. The first-order valence-corrected chi connectivity index (χ1v) is 4.96. The van der Waals surface area contributed by atoms with Crippen LogP contribution in [0, 0.1) is 0 Å². The maximum atomic E-state index is 11.8. The number of amides is 1. The third kappa shape index (κ3) is 2.28. The summed E-state index contributed by atoms with van der Waals surface area (Å²) in [6, 6.07) is 9.82. The Morgan fingerprint density at radius 1 is 1.38 bits per heavy atom. The molecule has 82 valence electrons. The Bertz CT molecular complexity index is 451. The van der Waals surface area contributed by atoms with Crippen molar-refractivity contribution in [1.29, 1.82) is 0 Å². The number of rotatable bonds is 3. The van der Waals surface area contributed by atoms with Crippen molar-refractivity contribution in [2.75, 3.05) is 7.05 Å². The maximum Gasteiger partial charge on any atom is 0.258 e. The van der Waals surface area contributed by atoms with E-state index in [9.17, 15) is 4.79 Å². The van der Waals surface area contributed by atoms with Crippen LogP contribution in [0.4, 0.5) is 0 Å². The molecule has 2 rings (SSSR count). The number of aromatic nitrogens is 1. The predicted octanol–water partition coefficient (Wildman–Crippen LogP) is 1.95. The Morgan fingerprint density at radius 3 is 2.75 bits per heavy atom. The zero-order valence-electron chi connectivity index (χ0n) is 8.96. The number of hydrogen-bond acceptors (Lipinski definition) is 3. The first-order valence-electron chi connectivity index (χ1n) is 4.96. The standard InChI is InChI=1S/C12H12N2O2/c1-14(8-10-5-3-2-4-6-10)12(15)11-7-13-16-9-11/h2-7,9H,8H2,1H3. The van der Waals surface area contributed by atoms with E-state index in [2.05, 4.69) is 9.68 Å². The van der Waals surface area contributed by atoms with Crippen LogP contribution in [0.25, 0.3) is 0 Å². The molecule has 1 aromatic heterocycles. The van der Waals surface area contributed by atoms with Crippen LogP contribution in [0.2, 0.25) is 0 Å². The van der Waals surface area contributed by atoms with Gasteiger partial charge in [0.1, 0.15) is 6.26 Å². The second kappa shape index (κ2) is 4.61. The SMILES string of the molecule is CN(Cc1ccccc1)C(=O)c1cnoc1. The smallest absolute Gasteiger partial charge is 0.258 e. The molecular formula is C12H12N2O2. The lowest BCUT2D eigenvalue weighted by molar-refractivity contribution is 0.0784. The first kappa shape index (κ1) is 10.4. The molecule has 0 N–H and O–H groups in total. The van der Waals surface area contributed by atoms with E-state index in [0.29, 0.717) is 12.1 Å². The molecule has 0 spiro atoms. The van der Waals surface area contributed by atoms with E-state index in [-0.39, 0.29) is 5.91 Å². The average Bonchev–Trinajstić information content (AvgIpc) is 2.83. The summed E-state index contributed by atoms with van der Waals surface area (Å²) in [5, 5.41) is 3.51. The molecule has 0 bridgehead atoms. The molecule has 4 nitrogen and oxygen atoms in total. The van der Waals surface area contributed by atoms with Crippen molar-refractivity contribution in [3.63, 3.8) is 0 Å². The molecule has 1 aromatic carbocycles. The second-order valence-electron chi connectivity index (χ2n) is 3.56. The van der Waals surface area contributed by atoms with Crippen LogP contribution in [-0.4, -0.2) is 23.0 Å². The van der Waals surface area contributed by atoms with Crippen molar-refractivity contribution in [2.24, 2.45) is 0 Å². The Morgan fingerprint density at radius 2 is 2.12 bits per heavy atom. The van der Waals surface area contributed by atoms with Crippen molar-refractivity contribution in [3.8, 4) is 0 Å². The quantitative estimate of drug-likeness (QED) is 0.787. The Kier molecular flexibility index (Phi) is 3.00. The van der Waals surface area contributed by atoms with Gasteiger partial charge in [0.2, 0.25) is 0 Å². The molecule has 16 heavy (non-hydrogen) atoms. The molecule has 0 aliphatic carbocycles. The molecule has 0 saturated heterocycles. The highest BCUT2D eigenvalue weighted by Gasteiger charge is 2.13. The van der Waals surface area contributed by atoms with E-state index in [1.807, 2.05) is 30.3 Å². The molecule has 0 radical (unpaired) electrons. The van der Waals surface area contributed by atoms with Crippen molar-refractivity contribution in [3.05, 3.63) is 53.9 Å². The van der Waals surface area contributed by atoms with Crippen LogP contribution in [0.5, 0.6) is 0 Å². The maximum absolute atomic E-state index is 11.8. The predicted molar refractivity (Wildman–Crippen MR) is 58.7 cm³/mol. The lowest BCUT2D eigenvalue weighted by atomic mass is 10.2. The van der Waals surface area contributed by atoms with Gasteiger partial charge in [0.15, 0.2) is 0 Å². The van der Waals surface area contributed by atoms with Crippen LogP contribution in [0.15, 0.2) is 47.3 Å². The van der Waals surface area contributed by atoms with Gasteiger partial charge < -0.3 is 9.42 Å². The fourth-order valence-electron chi connectivity index (χ4n) is 1.46. The number of carbonyl (C=O) groups excluding carboxylic acids is 1. The van der Waals surface area contributed by atoms with Gasteiger partial charge in [-0.05, 0) is 5.56 Å². The molecular weight excluding hydrogens is 204 g/mol. The van der Waals surface area contributed by atoms with Crippen LogP contribution in [0.3, 0.4) is 0 Å². The van der Waals surface area contributed by atoms with Gasteiger partial charge in [-0.2, -0.15) is 0 Å². The summed E-state index contributed by atoms with van der Waals surface area (Å²) in [6.45, 7) is 0.574. The minimum atomic E-state index is -0.0925. The van der Waals surface area contributed by atoms with Crippen LogP contribution in [-0.2, 0) is 6.54 Å². The number of nitrogens with zero attached hydrogens (tertiary/aromatic N) is 2. The van der Waals surface area contributed by atoms with Crippen LogP contribution >= 0.6 is 0 Å². The minimum Gasteiger partial charge on any atom is -0.364 e. The summed E-state index contributed by atoms with van der Waals surface area (Å²) in [5.74, 6) is -0.0925. The summed E-state index contributed by atoms with van der Waals surface area (Å²) < 4.78 is 4.64. The molecule has 4 heteroatoms. The highest BCUT2D eigenvalue weighted by molar-refractivity contribution is 5.93. The zero-order valence-corrected chi connectivity index (χ0v) is 8.96. The molecule has 0 fully saturated rings. The van der Waals surface area contributed by atoms with E-state index >= 15 is 0 Å². The average molecular weight is 216 g/mol. The van der Waals surface area contributed by atoms with Crippen LogP contribution < -0.4 is 0 Å². The molecule has 0 aliphatic heterocycles. The molecule has 0 atom stereocenters. The van der Waals surface area contributed by atoms with Gasteiger partial charge in [-0.15, -0.1) is 0 Å². The number of benzene rings is 1. The van der Waals surface area contributed by atoms with Crippen LogP contribution in [0.1, 0.15) is 15.9 Å². The Hall–Kier alpha value is -2.10.